The molecule has 0 atom stereocenters. The van der Waals surface area contributed by atoms with E-state index in [1.807, 2.05) is 0 Å². The number of amides is 1. The summed E-state index contributed by atoms with van der Waals surface area (Å²) in [6, 6.07) is 8.60. The Hall–Kier alpha value is -3.02. The number of sulfonamides is 1. The van der Waals surface area contributed by atoms with Crippen LogP contribution in [-0.4, -0.2) is 38.9 Å². The predicted octanol–water partition coefficient (Wildman–Crippen LogP) is 4.19. The van der Waals surface area contributed by atoms with Crippen LogP contribution in [0.5, 0.6) is 0 Å². The number of hydrogen-bond donors (Lipinski definition) is 1. The molecule has 0 bridgehead atoms. The fraction of sp³-hybridized carbons (Fsp3) is 0.150. The van der Waals surface area contributed by atoms with Gasteiger partial charge in [-0.15, -0.1) is 11.3 Å². The Kier molecular flexibility index (Phi) is 7.12. The van der Waals surface area contributed by atoms with E-state index in [1.54, 1.807) is 6.92 Å². The van der Waals surface area contributed by atoms with Crippen molar-refractivity contribution < 1.29 is 27.1 Å². The van der Waals surface area contributed by atoms with Gasteiger partial charge in [0.15, 0.2) is 10.8 Å². The third kappa shape index (κ3) is 5.06. The van der Waals surface area contributed by atoms with Gasteiger partial charge in [0.05, 0.1) is 27.8 Å². The van der Waals surface area contributed by atoms with Crippen molar-refractivity contribution in [3.8, 4) is 0 Å². The average Bonchev–Trinajstić information content (AvgIpc) is 3.22. The number of rotatable bonds is 7. The Morgan fingerprint density at radius 1 is 1.22 bits per heavy atom. The molecule has 0 saturated heterocycles. The maximum Gasteiger partial charge on any atom is 0.357 e. The summed E-state index contributed by atoms with van der Waals surface area (Å²) in [4.78, 5) is 28.2. The highest BCUT2D eigenvalue weighted by Crippen LogP contribution is 2.27. The summed E-state index contributed by atoms with van der Waals surface area (Å²) in [6.07, 6.45) is 0. The molecule has 2 aromatic carbocycles. The molecule has 0 saturated carbocycles. The number of anilines is 2. The zero-order chi connectivity index (χ0) is 23.5. The molecule has 0 aliphatic heterocycles. The van der Waals surface area contributed by atoms with E-state index in [2.05, 4.69) is 10.3 Å². The molecule has 32 heavy (non-hydrogen) atoms. The fourth-order valence-corrected chi connectivity index (χ4v) is 4.68. The Morgan fingerprint density at radius 2 is 1.91 bits per heavy atom. The summed E-state index contributed by atoms with van der Waals surface area (Å²) in [5.41, 5.74) is 0.172. The monoisotopic (exact) mass is 497 g/mol. The third-order valence-corrected chi connectivity index (χ3v) is 7.11. The molecular weight excluding hydrogens is 481 g/mol. The number of benzene rings is 2. The number of carbonyl (C=O) groups is 2. The first-order chi connectivity index (χ1) is 15.1. The van der Waals surface area contributed by atoms with Gasteiger partial charge in [0.25, 0.3) is 15.9 Å². The molecule has 0 spiro atoms. The Morgan fingerprint density at radius 3 is 2.56 bits per heavy atom. The van der Waals surface area contributed by atoms with Crippen molar-refractivity contribution in [3.63, 3.8) is 0 Å². The second-order valence-corrected chi connectivity index (χ2v) is 9.54. The number of esters is 1. The minimum Gasteiger partial charge on any atom is -0.461 e. The van der Waals surface area contributed by atoms with E-state index >= 15 is 0 Å². The summed E-state index contributed by atoms with van der Waals surface area (Å²) in [5, 5.41) is 4.05. The van der Waals surface area contributed by atoms with Crippen molar-refractivity contribution in [2.24, 2.45) is 0 Å². The molecule has 12 heteroatoms. The van der Waals surface area contributed by atoms with Gasteiger partial charge >= 0.3 is 5.97 Å². The third-order valence-electron chi connectivity index (χ3n) is 4.24. The van der Waals surface area contributed by atoms with Crippen molar-refractivity contribution in [2.75, 3.05) is 23.3 Å². The first kappa shape index (κ1) is 23.6. The molecule has 3 rings (SSSR count). The number of nitrogens with zero attached hydrogens (tertiary/aromatic N) is 2. The molecule has 1 heterocycles. The van der Waals surface area contributed by atoms with Crippen LogP contribution in [0.3, 0.4) is 0 Å². The largest absolute Gasteiger partial charge is 0.461 e. The smallest absolute Gasteiger partial charge is 0.357 e. The van der Waals surface area contributed by atoms with Gasteiger partial charge in [0, 0.05) is 12.4 Å². The van der Waals surface area contributed by atoms with Crippen LogP contribution < -0.4 is 9.62 Å². The number of aromatic nitrogens is 1. The van der Waals surface area contributed by atoms with Crippen molar-refractivity contribution in [2.45, 2.75) is 11.8 Å². The molecule has 0 aliphatic carbocycles. The highest BCUT2D eigenvalue weighted by Gasteiger charge is 2.24. The lowest BCUT2D eigenvalue weighted by Crippen LogP contribution is -2.27. The van der Waals surface area contributed by atoms with Gasteiger partial charge in [-0.2, -0.15) is 0 Å². The van der Waals surface area contributed by atoms with Crippen molar-refractivity contribution in [3.05, 3.63) is 69.9 Å². The van der Waals surface area contributed by atoms with Crippen LogP contribution >= 0.6 is 22.9 Å². The summed E-state index contributed by atoms with van der Waals surface area (Å²) in [7, 11) is -2.76. The summed E-state index contributed by atoms with van der Waals surface area (Å²) < 4.78 is 45.0. The number of thiazole rings is 1. The van der Waals surface area contributed by atoms with E-state index in [9.17, 15) is 22.4 Å². The molecule has 0 aliphatic rings. The van der Waals surface area contributed by atoms with E-state index in [-0.39, 0.29) is 38.6 Å². The van der Waals surface area contributed by atoms with Gasteiger partial charge in [0.2, 0.25) is 0 Å². The number of hydrogen-bond acceptors (Lipinski definition) is 7. The standard InChI is InChI=1S/C20H17ClFN3O5S2/c1-3-30-19(27)17-11-31-20(23-17)24-18(26)15-10-14(8-9-16(15)21)32(28,29)25(2)13-6-4-12(22)5-7-13/h4-11H,3H2,1-2H3,(H,23,24,26). The Bertz CT molecular complexity index is 1260. The van der Waals surface area contributed by atoms with Gasteiger partial charge in [-0.25, -0.2) is 22.6 Å². The molecule has 8 nitrogen and oxygen atoms in total. The van der Waals surface area contributed by atoms with Crippen LogP contribution in [0.15, 0.2) is 52.7 Å². The first-order valence-corrected chi connectivity index (χ1v) is 11.8. The van der Waals surface area contributed by atoms with Gasteiger partial charge in [-0.05, 0) is 49.4 Å². The number of halogens is 2. The summed E-state index contributed by atoms with van der Waals surface area (Å²) >= 11 is 7.12. The lowest BCUT2D eigenvalue weighted by atomic mass is 10.2. The molecule has 3 aromatic rings. The number of ether oxygens (including phenoxy) is 1. The molecule has 1 amide bonds. The van der Waals surface area contributed by atoms with Crippen LogP contribution in [0.4, 0.5) is 15.2 Å². The molecule has 0 radical (unpaired) electrons. The first-order valence-electron chi connectivity index (χ1n) is 9.11. The highest BCUT2D eigenvalue weighted by atomic mass is 35.5. The maximum atomic E-state index is 13.2. The lowest BCUT2D eigenvalue weighted by molar-refractivity contribution is 0.0520. The zero-order valence-corrected chi connectivity index (χ0v) is 19.2. The van der Waals surface area contributed by atoms with Crippen LogP contribution in [0.1, 0.15) is 27.8 Å². The molecule has 0 unspecified atom stereocenters. The highest BCUT2D eigenvalue weighted by molar-refractivity contribution is 7.92. The van der Waals surface area contributed by atoms with E-state index < -0.39 is 27.7 Å². The van der Waals surface area contributed by atoms with Gasteiger partial charge in [-0.1, -0.05) is 11.6 Å². The molecule has 168 valence electrons. The van der Waals surface area contributed by atoms with Crippen LogP contribution in [0.25, 0.3) is 0 Å². The second-order valence-electron chi connectivity index (χ2n) is 6.30. The Balaban J connectivity index is 1.85. The molecule has 0 fully saturated rings. The minimum atomic E-state index is -4.07. The normalized spacial score (nSPS) is 11.1. The topological polar surface area (TPSA) is 106 Å². The van der Waals surface area contributed by atoms with E-state index in [1.165, 1.54) is 36.7 Å². The average molecular weight is 498 g/mol. The van der Waals surface area contributed by atoms with E-state index in [0.717, 1.165) is 33.8 Å². The summed E-state index contributed by atoms with van der Waals surface area (Å²) in [5.74, 6) is -1.83. The second kappa shape index (κ2) is 9.63. The fourth-order valence-electron chi connectivity index (χ4n) is 2.58. The van der Waals surface area contributed by atoms with Crippen molar-refractivity contribution >= 4 is 55.7 Å². The lowest BCUT2D eigenvalue weighted by Gasteiger charge is -2.20. The molecule has 1 N–H and O–H groups in total. The van der Waals surface area contributed by atoms with Crippen molar-refractivity contribution in [1.29, 1.82) is 0 Å². The summed E-state index contributed by atoms with van der Waals surface area (Å²) in [6.45, 7) is 1.84. The van der Waals surface area contributed by atoms with E-state index in [4.69, 9.17) is 16.3 Å². The van der Waals surface area contributed by atoms with Crippen LogP contribution in [0, 0.1) is 5.82 Å². The van der Waals surface area contributed by atoms with E-state index in [0.29, 0.717) is 0 Å². The van der Waals surface area contributed by atoms with Gasteiger partial charge in [0.1, 0.15) is 5.82 Å². The zero-order valence-electron chi connectivity index (χ0n) is 16.8. The number of carbonyl (C=O) groups excluding carboxylic acids is 2. The SMILES string of the molecule is CCOC(=O)c1csc(NC(=O)c2cc(S(=O)(=O)N(C)c3ccc(F)cc3)ccc2Cl)n1. The maximum absolute atomic E-state index is 13.2. The quantitative estimate of drug-likeness (QED) is 0.491. The van der Waals surface area contributed by atoms with Crippen LogP contribution in [0.2, 0.25) is 5.02 Å². The minimum absolute atomic E-state index is 0.0213. The number of nitrogens with one attached hydrogen (secondary N) is 1. The molecular formula is C20H17ClFN3O5S2. The molecule has 1 aromatic heterocycles. The Labute approximate surface area is 192 Å². The van der Waals surface area contributed by atoms with Crippen molar-refractivity contribution in [1.82, 2.24) is 4.98 Å². The predicted molar refractivity (Wildman–Crippen MR) is 119 cm³/mol. The van der Waals surface area contributed by atoms with Crippen LogP contribution in [-0.2, 0) is 14.8 Å². The van der Waals surface area contributed by atoms with Gasteiger partial charge < -0.3 is 4.74 Å². The van der Waals surface area contributed by atoms with Gasteiger partial charge in [-0.3, -0.25) is 14.4 Å².